The predicted octanol–water partition coefficient (Wildman–Crippen LogP) is 5.45. The van der Waals surface area contributed by atoms with Gasteiger partial charge in [0.1, 0.15) is 5.75 Å². The number of pyridine rings is 1. The first-order chi connectivity index (χ1) is 18.1. The lowest BCUT2D eigenvalue weighted by Gasteiger charge is -2.13. The number of ether oxygens (including phenoxy) is 1. The average Bonchev–Trinajstić information content (AvgIpc) is 3.45. The van der Waals surface area contributed by atoms with Gasteiger partial charge in [-0.15, -0.1) is 0 Å². The average molecular weight is 490 g/mol. The number of aromatic nitrogens is 3. The van der Waals surface area contributed by atoms with Crippen LogP contribution in [0.25, 0.3) is 16.9 Å². The summed E-state index contributed by atoms with van der Waals surface area (Å²) in [5.41, 5.74) is 4.61. The highest BCUT2D eigenvalue weighted by Crippen LogP contribution is 2.29. The van der Waals surface area contributed by atoms with Crippen molar-refractivity contribution in [3.05, 3.63) is 121 Å². The van der Waals surface area contributed by atoms with Gasteiger partial charge in [0.05, 0.1) is 35.9 Å². The molecular formula is C29H23N5O3. The van der Waals surface area contributed by atoms with E-state index >= 15 is 0 Å². The third kappa shape index (κ3) is 5.23. The van der Waals surface area contributed by atoms with E-state index in [1.54, 1.807) is 59.5 Å². The minimum absolute atomic E-state index is 0.288. The predicted molar refractivity (Wildman–Crippen MR) is 142 cm³/mol. The van der Waals surface area contributed by atoms with Gasteiger partial charge in [-0.25, -0.2) is 4.68 Å². The van der Waals surface area contributed by atoms with Gasteiger partial charge in [-0.05, 0) is 48.5 Å². The highest BCUT2D eigenvalue weighted by Gasteiger charge is 2.14. The van der Waals surface area contributed by atoms with Gasteiger partial charge in [-0.1, -0.05) is 36.4 Å². The summed E-state index contributed by atoms with van der Waals surface area (Å²) < 4.78 is 7.24. The van der Waals surface area contributed by atoms with Gasteiger partial charge in [0, 0.05) is 35.3 Å². The molecule has 182 valence electrons. The van der Waals surface area contributed by atoms with E-state index in [-0.39, 0.29) is 11.8 Å². The van der Waals surface area contributed by atoms with Gasteiger partial charge < -0.3 is 15.4 Å². The minimum atomic E-state index is -0.312. The van der Waals surface area contributed by atoms with Gasteiger partial charge in [0.25, 0.3) is 11.8 Å². The molecule has 2 amide bonds. The van der Waals surface area contributed by atoms with E-state index in [2.05, 4.69) is 20.7 Å². The van der Waals surface area contributed by atoms with Crippen LogP contribution in [-0.2, 0) is 0 Å². The molecule has 3 aromatic carbocycles. The summed E-state index contributed by atoms with van der Waals surface area (Å²) >= 11 is 0. The molecule has 0 saturated heterocycles. The molecule has 8 heteroatoms. The van der Waals surface area contributed by atoms with Crippen molar-refractivity contribution in [2.45, 2.75) is 0 Å². The number of methoxy groups -OCH3 is 1. The summed E-state index contributed by atoms with van der Waals surface area (Å²) in [5.74, 6) is -0.189. The second-order valence-corrected chi connectivity index (χ2v) is 8.11. The minimum Gasteiger partial charge on any atom is -0.494 e. The standard InChI is InChI=1S/C29H23N5O3/c1-37-27-18-23(12-13-25(27)33-29(36)22-10-6-15-30-19-22)32-28(35)21-9-5-11-24(17-21)34-26(14-16-31-34)20-7-3-2-4-8-20/h2-19H,1H3,(H,32,35)(H,33,36). The number of nitrogens with one attached hydrogen (secondary N) is 2. The van der Waals surface area contributed by atoms with Gasteiger partial charge in [0.15, 0.2) is 0 Å². The molecule has 5 rings (SSSR count). The van der Waals surface area contributed by atoms with Crippen LogP contribution in [0.15, 0.2) is 110 Å². The van der Waals surface area contributed by atoms with Crippen LogP contribution in [0.4, 0.5) is 11.4 Å². The quantitative estimate of drug-likeness (QED) is 0.317. The van der Waals surface area contributed by atoms with Gasteiger partial charge in [0.2, 0.25) is 0 Å². The van der Waals surface area contributed by atoms with Crippen LogP contribution in [0.5, 0.6) is 5.75 Å². The monoisotopic (exact) mass is 489 g/mol. The fourth-order valence-electron chi connectivity index (χ4n) is 3.88. The molecule has 37 heavy (non-hydrogen) atoms. The lowest BCUT2D eigenvalue weighted by atomic mass is 10.1. The normalized spacial score (nSPS) is 10.5. The molecule has 8 nitrogen and oxygen atoms in total. The maximum Gasteiger partial charge on any atom is 0.257 e. The third-order valence-corrected chi connectivity index (χ3v) is 5.70. The van der Waals surface area contributed by atoms with Crippen LogP contribution in [0.1, 0.15) is 20.7 Å². The van der Waals surface area contributed by atoms with Crippen molar-refractivity contribution in [3.8, 4) is 22.7 Å². The molecule has 0 radical (unpaired) electrons. The molecule has 2 heterocycles. The molecule has 5 aromatic rings. The van der Waals surface area contributed by atoms with Crippen LogP contribution < -0.4 is 15.4 Å². The van der Waals surface area contributed by atoms with Crippen LogP contribution in [0.2, 0.25) is 0 Å². The van der Waals surface area contributed by atoms with E-state index in [0.717, 1.165) is 16.9 Å². The first-order valence-corrected chi connectivity index (χ1v) is 11.5. The lowest BCUT2D eigenvalue weighted by Crippen LogP contribution is -2.14. The Balaban J connectivity index is 1.34. The van der Waals surface area contributed by atoms with E-state index in [0.29, 0.717) is 28.3 Å². The second-order valence-electron chi connectivity index (χ2n) is 8.11. The van der Waals surface area contributed by atoms with Crippen molar-refractivity contribution in [2.75, 3.05) is 17.7 Å². The Bertz CT molecular complexity index is 1550. The van der Waals surface area contributed by atoms with Crippen molar-refractivity contribution in [1.29, 1.82) is 0 Å². The number of rotatable bonds is 7. The SMILES string of the molecule is COc1cc(NC(=O)c2cccc(-n3nccc3-c3ccccc3)c2)ccc1NC(=O)c1cccnc1. The summed E-state index contributed by atoms with van der Waals surface area (Å²) in [6, 6.07) is 27.5. The Kier molecular flexibility index (Phi) is 6.72. The van der Waals surface area contributed by atoms with Crippen molar-refractivity contribution in [2.24, 2.45) is 0 Å². The van der Waals surface area contributed by atoms with Crippen molar-refractivity contribution >= 4 is 23.2 Å². The van der Waals surface area contributed by atoms with Gasteiger partial charge in [-0.3, -0.25) is 14.6 Å². The molecule has 0 saturated carbocycles. The number of carbonyl (C=O) groups excluding carboxylic acids is 2. The molecule has 0 unspecified atom stereocenters. The number of nitrogens with zero attached hydrogens (tertiary/aromatic N) is 3. The Morgan fingerprint density at radius 3 is 2.38 bits per heavy atom. The molecule has 0 bridgehead atoms. The maximum absolute atomic E-state index is 13.1. The molecule has 0 aliphatic heterocycles. The number of carbonyl (C=O) groups is 2. The smallest absolute Gasteiger partial charge is 0.257 e. The van der Waals surface area contributed by atoms with Crippen LogP contribution in [-0.4, -0.2) is 33.7 Å². The largest absolute Gasteiger partial charge is 0.494 e. The van der Waals surface area contributed by atoms with Crippen LogP contribution >= 0.6 is 0 Å². The van der Waals surface area contributed by atoms with Crippen molar-refractivity contribution in [3.63, 3.8) is 0 Å². The molecule has 0 aliphatic rings. The fourth-order valence-corrected chi connectivity index (χ4v) is 3.88. The van der Waals surface area contributed by atoms with Crippen LogP contribution in [0.3, 0.4) is 0 Å². The zero-order valence-corrected chi connectivity index (χ0v) is 20.0. The lowest BCUT2D eigenvalue weighted by molar-refractivity contribution is 0.101. The Hall–Kier alpha value is -5.24. The van der Waals surface area contributed by atoms with Gasteiger partial charge >= 0.3 is 0 Å². The van der Waals surface area contributed by atoms with E-state index in [1.807, 2.05) is 48.5 Å². The summed E-state index contributed by atoms with van der Waals surface area (Å²) in [7, 11) is 1.50. The summed E-state index contributed by atoms with van der Waals surface area (Å²) in [5, 5.41) is 10.2. The summed E-state index contributed by atoms with van der Waals surface area (Å²) in [4.78, 5) is 29.5. The molecule has 0 aliphatic carbocycles. The Morgan fingerprint density at radius 2 is 1.59 bits per heavy atom. The van der Waals surface area contributed by atoms with Crippen LogP contribution in [0, 0.1) is 0 Å². The molecule has 2 N–H and O–H groups in total. The molecule has 0 spiro atoms. The number of anilines is 2. The van der Waals surface area contributed by atoms with Crippen molar-refractivity contribution < 1.29 is 14.3 Å². The summed E-state index contributed by atoms with van der Waals surface area (Å²) in [6.07, 6.45) is 4.81. The number of amides is 2. The maximum atomic E-state index is 13.1. The number of hydrogen-bond acceptors (Lipinski definition) is 5. The Labute approximate surface area is 213 Å². The van der Waals surface area contributed by atoms with Crippen molar-refractivity contribution in [1.82, 2.24) is 14.8 Å². The molecule has 0 fully saturated rings. The second kappa shape index (κ2) is 10.6. The highest BCUT2D eigenvalue weighted by molar-refractivity contribution is 6.06. The van der Waals surface area contributed by atoms with E-state index in [1.165, 1.54) is 13.3 Å². The first kappa shape index (κ1) is 23.5. The molecule has 0 atom stereocenters. The number of hydrogen-bond donors (Lipinski definition) is 2. The number of benzene rings is 3. The zero-order chi connectivity index (χ0) is 25.6. The van der Waals surface area contributed by atoms with Gasteiger partial charge in [-0.2, -0.15) is 5.10 Å². The summed E-state index contributed by atoms with van der Waals surface area (Å²) in [6.45, 7) is 0. The Morgan fingerprint density at radius 1 is 0.784 bits per heavy atom. The molecule has 2 aromatic heterocycles. The van der Waals surface area contributed by atoms with E-state index in [4.69, 9.17) is 4.74 Å². The third-order valence-electron chi connectivity index (χ3n) is 5.70. The highest BCUT2D eigenvalue weighted by atomic mass is 16.5. The first-order valence-electron chi connectivity index (χ1n) is 11.5. The van der Waals surface area contributed by atoms with E-state index in [9.17, 15) is 9.59 Å². The topological polar surface area (TPSA) is 98.1 Å². The van der Waals surface area contributed by atoms with E-state index < -0.39 is 0 Å². The zero-order valence-electron chi connectivity index (χ0n) is 20.0. The fraction of sp³-hybridized carbons (Fsp3) is 0.0345. The molecular weight excluding hydrogens is 466 g/mol.